The van der Waals surface area contributed by atoms with Gasteiger partial charge >= 0.3 is 18.0 Å². The first-order chi connectivity index (χ1) is 21.6. The Labute approximate surface area is 284 Å². The molecule has 17 heteroatoms. The second kappa shape index (κ2) is 16.9. The number of aliphatic imine (C=N–C) groups is 1. The van der Waals surface area contributed by atoms with Crippen LogP contribution in [0.1, 0.15) is 65.1 Å². The number of fused-ring (bicyclic) bond motifs is 4. The predicted octanol–water partition coefficient (Wildman–Crippen LogP) is 3.77. The zero-order chi connectivity index (χ0) is 34.1. The number of thiazole rings is 1. The van der Waals surface area contributed by atoms with Crippen LogP contribution in [0.25, 0.3) is 0 Å². The summed E-state index contributed by atoms with van der Waals surface area (Å²) in [7, 11) is 2.70. The number of nitrogens with zero attached hydrogens (tertiary/aromatic N) is 2. The molecule has 0 saturated carbocycles. The Morgan fingerprint density at radius 1 is 1.28 bits per heavy atom. The standard InChI is InChI=1S/C29H41N5O8S4/c1-16(2)22-25(38)41-17(9-7-8-10-45-46-14-19(24(36)37)32-27(40)42-28(3,4)5)11-20(35)30-12-21-31-18(13-43-21)23-34-29(6,15-44-23)26(39)33-22/h7,9,13,16-17,19,22H,8,10-12,14-15H2,1-6H3,(H,30,35)(H,32,40)(H,33,39)(H,36,37)/b9-7+/t17-,19+,22+,29+/m1/s1. The molecule has 0 spiro atoms. The van der Waals surface area contributed by atoms with Gasteiger partial charge in [-0.05, 0) is 46.1 Å². The van der Waals surface area contributed by atoms with Crippen LogP contribution in [0, 0.1) is 5.92 Å². The molecule has 254 valence electrons. The number of hydrogen-bond acceptors (Lipinski definition) is 13. The maximum Gasteiger partial charge on any atom is 0.408 e. The maximum absolute atomic E-state index is 13.3. The van der Waals surface area contributed by atoms with Crippen molar-refractivity contribution >= 4 is 79.6 Å². The predicted molar refractivity (Wildman–Crippen MR) is 182 cm³/mol. The van der Waals surface area contributed by atoms with Gasteiger partial charge in [0.25, 0.3) is 0 Å². The van der Waals surface area contributed by atoms with Crippen molar-refractivity contribution in [2.24, 2.45) is 10.9 Å². The summed E-state index contributed by atoms with van der Waals surface area (Å²) in [5.74, 6) is -1.72. The van der Waals surface area contributed by atoms with Gasteiger partial charge in [0.05, 0.1) is 13.0 Å². The lowest BCUT2D eigenvalue weighted by Crippen LogP contribution is -2.53. The SMILES string of the molecule is CC(C)[C@@H]1NC(=O)[C@]2(C)CSC(=N2)c2csc(n2)CNC(=O)C[C@@H](/C=C/CCSSC[C@H](NC(=O)OC(C)(C)C)C(=O)O)OC1=O. The van der Waals surface area contributed by atoms with E-state index in [1.807, 2.05) is 5.38 Å². The highest BCUT2D eigenvalue weighted by atomic mass is 33.1. The van der Waals surface area contributed by atoms with Crippen molar-refractivity contribution in [2.75, 3.05) is 17.3 Å². The molecule has 0 unspecified atom stereocenters. The highest BCUT2D eigenvalue weighted by Gasteiger charge is 2.41. The van der Waals surface area contributed by atoms with Gasteiger partial charge in [-0.2, -0.15) is 0 Å². The lowest BCUT2D eigenvalue weighted by Gasteiger charge is -2.27. The molecule has 4 atom stereocenters. The van der Waals surface area contributed by atoms with Gasteiger partial charge in [-0.1, -0.05) is 41.5 Å². The Bertz CT molecular complexity index is 1340. The molecule has 0 radical (unpaired) electrons. The Kier molecular flexibility index (Phi) is 13.8. The van der Waals surface area contributed by atoms with Gasteiger partial charge in [0.2, 0.25) is 11.8 Å². The van der Waals surface area contributed by atoms with Crippen LogP contribution in [0.2, 0.25) is 0 Å². The average molecular weight is 716 g/mol. The molecule has 0 aromatic carbocycles. The first kappa shape index (κ1) is 37.7. The molecule has 46 heavy (non-hydrogen) atoms. The Morgan fingerprint density at radius 2 is 2.02 bits per heavy atom. The zero-order valence-electron chi connectivity index (χ0n) is 26.6. The molecule has 3 amide bonds. The number of esters is 1. The van der Waals surface area contributed by atoms with E-state index in [0.717, 1.165) is 0 Å². The second-order valence-electron chi connectivity index (χ2n) is 12.1. The first-order valence-electron chi connectivity index (χ1n) is 14.7. The van der Waals surface area contributed by atoms with E-state index >= 15 is 0 Å². The number of cyclic esters (lactones) is 1. The summed E-state index contributed by atoms with van der Waals surface area (Å²) in [5.41, 5.74) is -1.17. The fourth-order valence-electron chi connectivity index (χ4n) is 3.99. The zero-order valence-corrected chi connectivity index (χ0v) is 29.9. The minimum absolute atomic E-state index is 0.122. The van der Waals surface area contributed by atoms with Crippen LogP contribution in [0.3, 0.4) is 0 Å². The molecule has 0 saturated heterocycles. The van der Waals surface area contributed by atoms with E-state index in [4.69, 9.17) is 9.47 Å². The number of rotatable bonds is 10. The van der Waals surface area contributed by atoms with Gasteiger partial charge in [-0.15, -0.1) is 23.1 Å². The number of thioether (sulfide) groups is 1. The minimum Gasteiger partial charge on any atom is -0.480 e. The van der Waals surface area contributed by atoms with Crippen LogP contribution in [0.5, 0.6) is 0 Å². The maximum atomic E-state index is 13.3. The van der Waals surface area contributed by atoms with Crippen molar-refractivity contribution in [3.63, 3.8) is 0 Å². The summed E-state index contributed by atoms with van der Waals surface area (Å²) in [5, 5.41) is 20.6. The number of carbonyl (C=O) groups is 5. The Morgan fingerprint density at radius 3 is 2.70 bits per heavy atom. The van der Waals surface area contributed by atoms with Crippen LogP contribution in [0.15, 0.2) is 22.5 Å². The van der Waals surface area contributed by atoms with Crippen LogP contribution in [-0.4, -0.2) is 91.6 Å². The van der Waals surface area contributed by atoms with Crippen molar-refractivity contribution in [2.45, 2.75) is 90.3 Å². The molecule has 1 aromatic rings. The van der Waals surface area contributed by atoms with Crippen LogP contribution >= 0.6 is 44.7 Å². The number of allylic oxidation sites excluding steroid dienone is 1. The Hall–Kier alpha value is -2.76. The number of aromatic nitrogens is 1. The van der Waals surface area contributed by atoms with E-state index in [-0.39, 0.29) is 36.5 Å². The Balaban J connectivity index is 1.62. The molecular formula is C29H41N5O8S4. The largest absolute Gasteiger partial charge is 0.480 e. The molecule has 2 aliphatic heterocycles. The third kappa shape index (κ3) is 11.8. The van der Waals surface area contributed by atoms with Crippen molar-refractivity contribution in [1.29, 1.82) is 0 Å². The lowest BCUT2D eigenvalue weighted by atomic mass is 10.0. The summed E-state index contributed by atoms with van der Waals surface area (Å²) in [4.78, 5) is 72.2. The number of nitrogens with one attached hydrogen (secondary N) is 3. The summed E-state index contributed by atoms with van der Waals surface area (Å²) in [6.07, 6.45) is 2.15. The molecule has 13 nitrogen and oxygen atoms in total. The van der Waals surface area contributed by atoms with Crippen LogP contribution in [0.4, 0.5) is 4.79 Å². The van der Waals surface area contributed by atoms with Crippen molar-refractivity contribution in [3.8, 4) is 0 Å². The third-order valence-electron chi connectivity index (χ3n) is 6.42. The van der Waals surface area contributed by atoms with Crippen LogP contribution in [-0.2, 0) is 35.2 Å². The molecule has 0 fully saturated rings. The smallest absolute Gasteiger partial charge is 0.408 e. The van der Waals surface area contributed by atoms with Gasteiger partial charge in [-0.3, -0.25) is 14.6 Å². The molecular weight excluding hydrogens is 675 g/mol. The molecule has 3 rings (SSSR count). The van der Waals surface area contributed by atoms with E-state index in [9.17, 15) is 29.1 Å². The molecule has 4 N–H and O–H groups in total. The monoisotopic (exact) mass is 715 g/mol. The number of aliphatic carboxylic acids is 1. The summed E-state index contributed by atoms with van der Waals surface area (Å²) in [6.45, 7) is 10.6. The fourth-order valence-corrected chi connectivity index (χ4v) is 8.07. The minimum atomic E-state index is -1.17. The van der Waals surface area contributed by atoms with Gasteiger partial charge in [0.15, 0.2) is 0 Å². The molecule has 1 aromatic heterocycles. The average Bonchev–Trinajstić information content (AvgIpc) is 3.59. The van der Waals surface area contributed by atoms with Crippen molar-refractivity contribution in [3.05, 3.63) is 28.2 Å². The van der Waals surface area contributed by atoms with E-state index in [1.54, 1.807) is 53.7 Å². The second-order valence-corrected chi connectivity index (χ2v) is 16.7. The van der Waals surface area contributed by atoms with E-state index in [1.165, 1.54) is 44.7 Å². The van der Waals surface area contributed by atoms with Gasteiger partial charge in [0.1, 0.15) is 45.1 Å². The molecule has 3 heterocycles. The van der Waals surface area contributed by atoms with Crippen molar-refractivity contribution < 1.29 is 38.6 Å². The quantitative estimate of drug-likeness (QED) is 0.119. The molecule has 0 aliphatic carbocycles. The number of alkyl carbamates (subject to hydrolysis) is 1. The number of hydrogen-bond donors (Lipinski definition) is 4. The highest BCUT2D eigenvalue weighted by Crippen LogP contribution is 2.32. The van der Waals surface area contributed by atoms with Gasteiger partial charge in [0, 0.05) is 22.6 Å². The van der Waals surface area contributed by atoms with E-state index < -0.39 is 47.4 Å². The fraction of sp³-hybridized carbons (Fsp3) is 0.621. The number of carbonyl (C=O) groups excluding carboxylic acids is 4. The summed E-state index contributed by atoms with van der Waals surface area (Å²) in [6, 6.07) is -2.07. The van der Waals surface area contributed by atoms with Gasteiger partial charge < -0.3 is 30.5 Å². The number of carboxylic acids is 1. The van der Waals surface area contributed by atoms with E-state index in [0.29, 0.717) is 33.7 Å². The topological polar surface area (TPSA) is 185 Å². The normalized spacial score (nSPS) is 23.4. The number of ether oxygens (including phenoxy) is 2. The van der Waals surface area contributed by atoms with Crippen LogP contribution < -0.4 is 16.0 Å². The molecule has 4 bridgehead atoms. The number of carboxylic acid groups (broad SMARTS) is 1. The summed E-state index contributed by atoms with van der Waals surface area (Å²) < 4.78 is 10.9. The van der Waals surface area contributed by atoms with E-state index in [2.05, 4.69) is 25.9 Å². The van der Waals surface area contributed by atoms with Crippen molar-refractivity contribution in [1.82, 2.24) is 20.9 Å². The summed E-state index contributed by atoms with van der Waals surface area (Å²) >= 11 is 2.80. The molecule has 2 aliphatic rings. The first-order valence-corrected chi connectivity index (χ1v) is 19.0. The number of amides is 3. The lowest BCUT2D eigenvalue weighted by molar-refractivity contribution is -0.153. The van der Waals surface area contributed by atoms with Gasteiger partial charge in [-0.25, -0.2) is 19.4 Å². The highest BCUT2D eigenvalue weighted by molar-refractivity contribution is 8.76. The third-order valence-corrected chi connectivity index (χ3v) is 11.0.